The molecule has 0 saturated heterocycles. The van der Waals surface area contributed by atoms with E-state index in [0.29, 0.717) is 16.4 Å². The highest BCUT2D eigenvalue weighted by Gasteiger charge is 2.30. The number of oxime groups is 1. The molecular formula is C18H15ClN2O4. The Morgan fingerprint density at radius 3 is 2.68 bits per heavy atom. The predicted octanol–water partition coefficient (Wildman–Crippen LogP) is 3.26. The summed E-state index contributed by atoms with van der Waals surface area (Å²) in [6, 6.07) is 13.8. The first kappa shape index (κ1) is 17.0. The van der Waals surface area contributed by atoms with Crippen molar-refractivity contribution in [3.63, 3.8) is 0 Å². The third kappa shape index (κ3) is 3.64. The molecule has 1 heterocycles. The van der Waals surface area contributed by atoms with Crippen LogP contribution in [-0.4, -0.2) is 30.8 Å². The fraction of sp³-hybridized carbons (Fsp3) is 0.167. The lowest BCUT2D eigenvalue weighted by molar-refractivity contribution is -0.125. The molecule has 2 aromatic carbocycles. The number of benzene rings is 2. The van der Waals surface area contributed by atoms with Crippen molar-refractivity contribution < 1.29 is 19.2 Å². The second kappa shape index (κ2) is 7.36. The molecule has 2 aromatic rings. The van der Waals surface area contributed by atoms with Crippen LogP contribution in [0.1, 0.15) is 22.3 Å². The number of nitrogens with one attached hydrogen (secondary N) is 1. The number of amides is 1. The van der Waals surface area contributed by atoms with Gasteiger partial charge in [-0.25, -0.2) is 4.79 Å². The van der Waals surface area contributed by atoms with Gasteiger partial charge in [0.25, 0.3) is 5.91 Å². The molecule has 0 radical (unpaired) electrons. The Bertz CT molecular complexity index is 850. The number of halogens is 1. The Hall–Kier alpha value is -2.86. The summed E-state index contributed by atoms with van der Waals surface area (Å²) in [5.41, 5.74) is 1.96. The second-order valence-corrected chi connectivity index (χ2v) is 5.75. The number of hydrogen-bond acceptors (Lipinski definition) is 5. The van der Waals surface area contributed by atoms with E-state index in [0.717, 1.165) is 5.56 Å². The van der Waals surface area contributed by atoms with Crippen molar-refractivity contribution in [2.75, 3.05) is 12.4 Å². The van der Waals surface area contributed by atoms with E-state index in [2.05, 4.69) is 10.5 Å². The maximum Gasteiger partial charge on any atom is 0.339 e. The van der Waals surface area contributed by atoms with Gasteiger partial charge in [-0.2, -0.15) is 0 Å². The monoisotopic (exact) mass is 358 g/mol. The number of hydrogen-bond donors (Lipinski definition) is 1. The minimum Gasteiger partial charge on any atom is -0.465 e. The standard InChI is InChI=1S/C18H15ClN2O4/c1-24-18(23)12-7-3-5-9-14(12)20-17(22)16-10-15(21-25-16)11-6-2-4-8-13(11)19/h2-9,16H,10H2,1H3,(H,20,22). The minimum absolute atomic E-state index is 0.267. The van der Waals surface area contributed by atoms with Gasteiger partial charge in [0.15, 0.2) is 0 Å². The van der Waals surface area contributed by atoms with Crippen LogP contribution in [0.2, 0.25) is 5.02 Å². The Morgan fingerprint density at radius 2 is 1.92 bits per heavy atom. The van der Waals surface area contributed by atoms with Gasteiger partial charge in [0.2, 0.25) is 6.10 Å². The van der Waals surface area contributed by atoms with Crippen molar-refractivity contribution in [3.05, 3.63) is 64.7 Å². The predicted molar refractivity (Wildman–Crippen MR) is 93.9 cm³/mol. The molecule has 0 aromatic heterocycles. The van der Waals surface area contributed by atoms with Gasteiger partial charge < -0.3 is 14.9 Å². The molecule has 1 atom stereocenters. The van der Waals surface area contributed by atoms with Crippen LogP contribution < -0.4 is 5.32 Å². The van der Waals surface area contributed by atoms with Gasteiger partial charge in [-0.3, -0.25) is 4.79 Å². The number of para-hydroxylation sites is 1. The molecule has 0 aliphatic carbocycles. The van der Waals surface area contributed by atoms with Gasteiger partial charge in [0.1, 0.15) is 0 Å². The summed E-state index contributed by atoms with van der Waals surface area (Å²) in [5.74, 6) is -0.932. The van der Waals surface area contributed by atoms with Crippen LogP contribution in [0.5, 0.6) is 0 Å². The van der Waals surface area contributed by atoms with E-state index in [1.807, 2.05) is 18.2 Å². The lowest BCUT2D eigenvalue weighted by Crippen LogP contribution is -2.28. The van der Waals surface area contributed by atoms with E-state index in [1.165, 1.54) is 7.11 Å². The third-order valence-corrected chi connectivity index (χ3v) is 4.07. The SMILES string of the molecule is COC(=O)c1ccccc1NC(=O)C1CC(c2ccccc2Cl)=NO1. The zero-order chi connectivity index (χ0) is 17.8. The van der Waals surface area contributed by atoms with E-state index in [-0.39, 0.29) is 12.0 Å². The molecule has 1 aliphatic heterocycles. The van der Waals surface area contributed by atoms with Crippen LogP contribution in [0, 0.1) is 0 Å². The van der Waals surface area contributed by atoms with Gasteiger partial charge in [-0.15, -0.1) is 0 Å². The average molecular weight is 359 g/mol. The molecular weight excluding hydrogens is 344 g/mol. The van der Waals surface area contributed by atoms with E-state index in [1.54, 1.807) is 30.3 Å². The van der Waals surface area contributed by atoms with Crippen LogP contribution in [-0.2, 0) is 14.4 Å². The van der Waals surface area contributed by atoms with Crippen molar-refractivity contribution >= 4 is 34.9 Å². The Kier molecular flexibility index (Phi) is 5.00. The summed E-state index contributed by atoms with van der Waals surface area (Å²) in [6.45, 7) is 0. The molecule has 1 N–H and O–H groups in total. The highest BCUT2D eigenvalue weighted by molar-refractivity contribution is 6.34. The second-order valence-electron chi connectivity index (χ2n) is 5.34. The van der Waals surface area contributed by atoms with Crippen LogP contribution in [0.3, 0.4) is 0 Å². The zero-order valence-electron chi connectivity index (χ0n) is 13.4. The van der Waals surface area contributed by atoms with Crippen LogP contribution in [0.4, 0.5) is 5.69 Å². The fourth-order valence-corrected chi connectivity index (χ4v) is 2.71. The zero-order valence-corrected chi connectivity index (χ0v) is 14.1. The maximum absolute atomic E-state index is 12.4. The number of carbonyl (C=O) groups is 2. The quantitative estimate of drug-likeness (QED) is 0.851. The molecule has 128 valence electrons. The molecule has 0 bridgehead atoms. The summed E-state index contributed by atoms with van der Waals surface area (Å²) in [4.78, 5) is 29.5. The van der Waals surface area contributed by atoms with Gasteiger partial charge >= 0.3 is 5.97 Å². The molecule has 1 unspecified atom stereocenters. The molecule has 7 heteroatoms. The lowest BCUT2D eigenvalue weighted by atomic mass is 10.0. The Labute approximate surface area is 149 Å². The molecule has 0 fully saturated rings. The number of rotatable bonds is 4. The van der Waals surface area contributed by atoms with Gasteiger partial charge in [-0.05, 0) is 18.2 Å². The molecule has 0 saturated carbocycles. The topological polar surface area (TPSA) is 77.0 Å². The van der Waals surface area contributed by atoms with Crippen LogP contribution in [0.15, 0.2) is 53.7 Å². The van der Waals surface area contributed by atoms with Crippen molar-refractivity contribution in [1.29, 1.82) is 0 Å². The van der Waals surface area contributed by atoms with Crippen molar-refractivity contribution in [3.8, 4) is 0 Å². The maximum atomic E-state index is 12.4. The summed E-state index contributed by atoms with van der Waals surface area (Å²) in [7, 11) is 1.28. The first-order chi connectivity index (χ1) is 12.1. The fourth-order valence-electron chi connectivity index (χ4n) is 2.47. The first-order valence-corrected chi connectivity index (χ1v) is 7.93. The Balaban J connectivity index is 1.71. The molecule has 6 nitrogen and oxygen atoms in total. The number of methoxy groups -OCH3 is 1. The number of ether oxygens (including phenoxy) is 1. The summed E-state index contributed by atoms with van der Waals surface area (Å²) in [5, 5.41) is 7.19. The highest BCUT2D eigenvalue weighted by atomic mass is 35.5. The van der Waals surface area contributed by atoms with E-state index in [9.17, 15) is 9.59 Å². The number of anilines is 1. The van der Waals surface area contributed by atoms with Gasteiger partial charge in [-0.1, -0.05) is 47.1 Å². The number of esters is 1. The summed E-state index contributed by atoms with van der Waals surface area (Å²) in [6.07, 6.45) is -0.507. The lowest BCUT2D eigenvalue weighted by Gasteiger charge is -2.12. The number of nitrogens with zero attached hydrogens (tertiary/aromatic N) is 1. The van der Waals surface area contributed by atoms with E-state index < -0.39 is 18.0 Å². The largest absolute Gasteiger partial charge is 0.465 e. The van der Waals surface area contributed by atoms with Crippen molar-refractivity contribution in [2.45, 2.75) is 12.5 Å². The summed E-state index contributed by atoms with van der Waals surface area (Å²) >= 11 is 6.14. The van der Waals surface area contributed by atoms with Gasteiger partial charge in [0.05, 0.1) is 24.1 Å². The van der Waals surface area contributed by atoms with E-state index in [4.69, 9.17) is 21.2 Å². The summed E-state index contributed by atoms with van der Waals surface area (Å²) < 4.78 is 4.71. The average Bonchev–Trinajstić information content (AvgIpc) is 3.12. The molecule has 1 aliphatic rings. The van der Waals surface area contributed by atoms with Crippen LogP contribution >= 0.6 is 11.6 Å². The first-order valence-electron chi connectivity index (χ1n) is 7.56. The van der Waals surface area contributed by atoms with E-state index >= 15 is 0 Å². The molecule has 0 spiro atoms. The third-order valence-electron chi connectivity index (χ3n) is 3.74. The number of carbonyl (C=O) groups excluding carboxylic acids is 2. The van der Waals surface area contributed by atoms with Crippen molar-refractivity contribution in [2.24, 2.45) is 5.16 Å². The molecule has 25 heavy (non-hydrogen) atoms. The normalized spacial score (nSPS) is 15.9. The van der Waals surface area contributed by atoms with Crippen LogP contribution in [0.25, 0.3) is 0 Å². The smallest absolute Gasteiger partial charge is 0.339 e. The minimum atomic E-state index is -0.794. The van der Waals surface area contributed by atoms with Crippen molar-refractivity contribution in [1.82, 2.24) is 0 Å². The molecule has 3 rings (SSSR count). The Morgan fingerprint density at radius 1 is 1.20 bits per heavy atom. The molecule has 1 amide bonds. The van der Waals surface area contributed by atoms with Gasteiger partial charge in [0, 0.05) is 17.0 Å². The highest BCUT2D eigenvalue weighted by Crippen LogP contribution is 2.24.